The Morgan fingerprint density at radius 1 is 1.09 bits per heavy atom. The Bertz CT molecular complexity index is 582. The highest BCUT2D eigenvalue weighted by molar-refractivity contribution is 5.96. The van der Waals surface area contributed by atoms with Crippen molar-refractivity contribution in [3.05, 3.63) is 29.8 Å². The van der Waals surface area contributed by atoms with Gasteiger partial charge in [0.1, 0.15) is 0 Å². The van der Waals surface area contributed by atoms with E-state index >= 15 is 0 Å². The van der Waals surface area contributed by atoms with E-state index in [1.165, 1.54) is 0 Å². The van der Waals surface area contributed by atoms with Gasteiger partial charge in [-0.25, -0.2) is 4.79 Å². The number of benzene rings is 1. The van der Waals surface area contributed by atoms with Crippen LogP contribution in [0.2, 0.25) is 0 Å². The average Bonchev–Trinajstić information content (AvgIpc) is 2.53. The van der Waals surface area contributed by atoms with Crippen LogP contribution >= 0.6 is 0 Å². The number of nitrogens with one attached hydrogen (secondary N) is 1. The van der Waals surface area contributed by atoms with Crippen LogP contribution in [-0.2, 0) is 4.79 Å². The molecule has 2 rings (SSSR count). The molecule has 0 bridgehead atoms. The molecule has 1 aliphatic heterocycles. The van der Waals surface area contributed by atoms with Crippen molar-refractivity contribution in [3.63, 3.8) is 0 Å². The third-order valence-electron chi connectivity index (χ3n) is 3.47. The van der Waals surface area contributed by atoms with Gasteiger partial charge in [0.25, 0.3) is 5.91 Å². The number of rotatable bonds is 3. The second-order valence-corrected chi connectivity index (χ2v) is 4.95. The first kappa shape index (κ1) is 15.8. The number of carbonyl (C=O) groups excluding carboxylic acids is 3. The molecule has 1 saturated heterocycles. The monoisotopic (exact) mass is 305 g/mol. The SMILES string of the molecule is NCC(=O)N1CCN(C(=O)c2cccc(NC(N)=O)c2)CC1. The van der Waals surface area contributed by atoms with Gasteiger partial charge in [-0.1, -0.05) is 6.07 Å². The predicted molar refractivity (Wildman–Crippen MR) is 81.2 cm³/mol. The Morgan fingerprint density at radius 2 is 1.73 bits per heavy atom. The fourth-order valence-corrected chi connectivity index (χ4v) is 2.34. The maximum Gasteiger partial charge on any atom is 0.316 e. The molecule has 8 heteroatoms. The molecule has 1 aromatic carbocycles. The summed E-state index contributed by atoms with van der Waals surface area (Å²) in [7, 11) is 0. The molecule has 4 amide bonds. The molecule has 0 radical (unpaired) electrons. The molecule has 1 aliphatic rings. The second kappa shape index (κ2) is 6.90. The van der Waals surface area contributed by atoms with Crippen LogP contribution in [0.25, 0.3) is 0 Å². The van der Waals surface area contributed by atoms with E-state index in [-0.39, 0.29) is 18.4 Å². The first-order valence-corrected chi connectivity index (χ1v) is 6.95. The lowest BCUT2D eigenvalue weighted by Crippen LogP contribution is -2.51. The Balaban J connectivity index is 2.01. The number of piperazine rings is 1. The van der Waals surface area contributed by atoms with E-state index in [4.69, 9.17) is 11.5 Å². The number of primary amides is 1. The van der Waals surface area contributed by atoms with E-state index in [0.717, 1.165) is 0 Å². The van der Waals surface area contributed by atoms with Crippen LogP contribution in [0.5, 0.6) is 0 Å². The molecule has 5 N–H and O–H groups in total. The maximum absolute atomic E-state index is 12.4. The van der Waals surface area contributed by atoms with Crippen LogP contribution in [0, 0.1) is 0 Å². The summed E-state index contributed by atoms with van der Waals surface area (Å²) in [6.07, 6.45) is 0. The van der Waals surface area contributed by atoms with Gasteiger partial charge in [-0.2, -0.15) is 0 Å². The number of anilines is 1. The molecule has 0 aromatic heterocycles. The summed E-state index contributed by atoms with van der Waals surface area (Å²) in [5.41, 5.74) is 11.3. The normalized spacial score (nSPS) is 14.6. The molecule has 0 unspecified atom stereocenters. The van der Waals surface area contributed by atoms with Crippen LogP contribution in [0.1, 0.15) is 10.4 Å². The molecule has 0 saturated carbocycles. The molecule has 1 aromatic rings. The van der Waals surface area contributed by atoms with Gasteiger partial charge in [0.2, 0.25) is 5.91 Å². The van der Waals surface area contributed by atoms with Crippen molar-refractivity contribution in [2.45, 2.75) is 0 Å². The Labute approximate surface area is 128 Å². The maximum atomic E-state index is 12.4. The van der Waals surface area contributed by atoms with Gasteiger partial charge >= 0.3 is 6.03 Å². The number of urea groups is 1. The molecule has 1 fully saturated rings. The van der Waals surface area contributed by atoms with Crippen molar-refractivity contribution in [3.8, 4) is 0 Å². The Morgan fingerprint density at radius 3 is 2.32 bits per heavy atom. The summed E-state index contributed by atoms with van der Waals surface area (Å²) in [6, 6.07) is 5.89. The first-order chi connectivity index (χ1) is 10.5. The van der Waals surface area contributed by atoms with E-state index in [1.807, 2.05) is 0 Å². The van der Waals surface area contributed by atoms with Crippen LogP contribution in [0.15, 0.2) is 24.3 Å². The smallest absolute Gasteiger partial charge is 0.316 e. The highest BCUT2D eigenvalue weighted by Crippen LogP contribution is 2.14. The quantitative estimate of drug-likeness (QED) is 0.691. The van der Waals surface area contributed by atoms with E-state index in [1.54, 1.807) is 34.1 Å². The fourth-order valence-electron chi connectivity index (χ4n) is 2.34. The zero-order valence-electron chi connectivity index (χ0n) is 12.1. The van der Waals surface area contributed by atoms with E-state index in [0.29, 0.717) is 37.4 Å². The Hall–Kier alpha value is -2.61. The molecule has 0 aliphatic carbocycles. The summed E-state index contributed by atoms with van der Waals surface area (Å²) in [5.74, 6) is -0.257. The van der Waals surface area contributed by atoms with Crippen LogP contribution in [0.4, 0.5) is 10.5 Å². The van der Waals surface area contributed by atoms with Crippen molar-refractivity contribution in [1.82, 2.24) is 9.80 Å². The molecule has 0 spiro atoms. The van der Waals surface area contributed by atoms with Gasteiger partial charge in [-0.3, -0.25) is 9.59 Å². The summed E-state index contributed by atoms with van der Waals surface area (Å²) >= 11 is 0. The number of nitrogens with zero attached hydrogens (tertiary/aromatic N) is 2. The molecular formula is C14H19N5O3. The van der Waals surface area contributed by atoms with Crippen LogP contribution < -0.4 is 16.8 Å². The summed E-state index contributed by atoms with van der Waals surface area (Å²) < 4.78 is 0. The van der Waals surface area contributed by atoms with Crippen LogP contribution in [0.3, 0.4) is 0 Å². The predicted octanol–water partition coefficient (Wildman–Crippen LogP) is -0.580. The fraction of sp³-hybridized carbons (Fsp3) is 0.357. The Kier molecular flexibility index (Phi) is 4.95. The van der Waals surface area contributed by atoms with Gasteiger partial charge in [-0.05, 0) is 18.2 Å². The van der Waals surface area contributed by atoms with Crippen molar-refractivity contribution >= 4 is 23.5 Å². The minimum atomic E-state index is -0.682. The molecule has 118 valence electrons. The van der Waals surface area contributed by atoms with Gasteiger partial charge in [0, 0.05) is 37.4 Å². The topological polar surface area (TPSA) is 122 Å². The zero-order valence-corrected chi connectivity index (χ0v) is 12.1. The van der Waals surface area contributed by atoms with Gasteiger partial charge < -0.3 is 26.6 Å². The average molecular weight is 305 g/mol. The third kappa shape index (κ3) is 3.73. The first-order valence-electron chi connectivity index (χ1n) is 6.95. The number of nitrogens with two attached hydrogens (primary N) is 2. The van der Waals surface area contributed by atoms with E-state index in [9.17, 15) is 14.4 Å². The zero-order chi connectivity index (χ0) is 16.1. The minimum Gasteiger partial charge on any atom is -0.351 e. The van der Waals surface area contributed by atoms with Gasteiger partial charge in [0.15, 0.2) is 0 Å². The van der Waals surface area contributed by atoms with Crippen LogP contribution in [-0.4, -0.2) is 60.4 Å². The van der Waals surface area contributed by atoms with Gasteiger partial charge in [0.05, 0.1) is 6.54 Å². The highest BCUT2D eigenvalue weighted by Gasteiger charge is 2.24. The summed E-state index contributed by atoms with van der Waals surface area (Å²) in [4.78, 5) is 38.1. The lowest BCUT2D eigenvalue weighted by atomic mass is 10.1. The molecule has 8 nitrogen and oxygen atoms in total. The molecule has 22 heavy (non-hydrogen) atoms. The van der Waals surface area contributed by atoms with Crippen molar-refractivity contribution in [2.24, 2.45) is 11.5 Å². The molecule has 1 heterocycles. The third-order valence-corrected chi connectivity index (χ3v) is 3.47. The second-order valence-electron chi connectivity index (χ2n) is 4.95. The molecule has 0 atom stereocenters. The van der Waals surface area contributed by atoms with Crippen molar-refractivity contribution < 1.29 is 14.4 Å². The number of hydrogen-bond donors (Lipinski definition) is 3. The number of amides is 4. The molecular weight excluding hydrogens is 286 g/mol. The highest BCUT2D eigenvalue weighted by atomic mass is 16.2. The van der Waals surface area contributed by atoms with Crippen molar-refractivity contribution in [1.29, 1.82) is 0 Å². The largest absolute Gasteiger partial charge is 0.351 e. The van der Waals surface area contributed by atoms with E-state index < -0.39 is 6.03 Å². The lowest BCUT2D eigenvalue weighted by Gasteiger charge is -2.34. The summed E-state index contributed by atoms with van der Waals surface area (Å²) in [5, 5.41) is 2.43. The number of hydrogen-bond acceptors (Lipinski definition) is 4. The van der Waals surface area contributed by atoms with E-state index in [2.05, 4.69) is 5.32 Å². The van der Waals surface area contributed by atoms with Crippen molar-refractivity contribution in [2.75, 3.05) is 38.0 Å². The van der Waals surface area contributed by atoms with Gasteiger partial charge in [-0.15, -0.1) is 0 Å². The summed E-state index contributed by atoms with van der Waals surface area (Å²) in [6.45, 7) is 1.84. The minimum absolute atomic E-state index is 0.0191. The number of carbonyl (C=O) groups is 3. The lowest BCUT2D eigenvalue weighted by molar-refractivity contribution is -0.131. The standard InChI is InChI=1S/C14H19N5O3/c15-9-12(20)18-4-6-19(7-5-18)13(21)10-2-1-3-11(8-10)17-14(16)22/h1-3,8H,4-7,9,15H2,(H3,16,17,22).